The molecule has 0 aliphatic heterocycles. The Morgan fingerprint density at radius 2 is 2.28 bits per heavy atom. The molecule has 0 aliphatic rings. The van der Waals surface area contributed by atoms with Gasteiger partial charge in [0.15, 0.2) is 5.13 Å². The van der Waals surface area contributed by atoms with Gasteiger partial charge in [-0.2, -0.15) is 0 Å². The molecule has 3 rings (SSSR count). The quantitative estimate of drug-likeness (QED) is 0.678. The second kappa shape index (κ2) is 4.38. The molecule has 3 aromatic rings. The van der Waals surface area contributed by atoms with Gasteiger partial charge >= 0.3 is 0 Å². The topological polar surface area (TPSA) is 74.9 Å². The van der Waals surface area contributed by atoms with Crippen molar-refractivity contribution in [3.05, 3.63) is 33.7 Å². The molecule has 1 aromatic carbocycles. The Hall–Kier alpha value is -1.37. The minimum Gasteiger partial charge on any atom is -0.390 e. The van der Waals surface area contributed by atoms with Crippen molar-refractivity contribution in [2.24, 2.45) is 0 Å². The van der Waals surface area contributed by atoms with E-state index in [4.69, 9.17) is 5.73 Å². The predicted molar refractivity (Wildman–Crippen MR) is 77.4 cm³/mol. The van der Waals surface area contributed by atoms with Crippen LogP contribution in [0, 0.1) is 0 Å². The van der Waals surface area contributed by atoms with Gasteiger partial charge in [0.05, 0.1) is 18.0 Å². The number of aliphatic hydroxyl groups is 1. The standard InChI is InChI=1S/C12H10BrN3OS/c13-6-1-2-8-7(3-6)11(9(4-17)15-8)10-5-18-12(14)16-10/h1-3,5,15,17H,4H2,(H2,14,16). The zero-order valence-electron chi connectivity index (χ0n) is 9.27. The molecule has 4 N–H and O–H groups in total. The first kappa shape index (κ1) is 11.7. The highest BCUT2D eigenvalue weighted by Crippen LogP contribution is 2.35. The van der Waals surface area contributed by atoms with Gasteiger partial charge in [-0.25, -0.2) is 4.98 Å². The molecule has 0 spiro atoms. The van der Waals surface area contributed by atoms with Crippen LogP contribution in [-0.2, 0) is 6.61 Å². The Kier molecular flexibility index (Phi) is 2.85. The molecule has 2 heterocycles. The number of fused-ring (bicyclic) bond motifs is 1. The molecule has 0 saturated heterocycles. The Balaban J connectivity index is 2.34. The van der Waals surface area contributed by atoms with Crippen LogP contribution in [-0.4, -0.2) is 15.1 Å². The van der Waals surface area contributed by atoms with Crippen molar-refractivity contribution < 1.29 is 5.11 Å². The van der Waals surface area contributed by atoms with Gasteiger partial charge in [0.1, 0.15) is 0 Å². The maximum Gasteiger partial charge on any atom is 0.180 e. The number of aromatic amines is 1. The SMILES string of the molecule is Nc1nc(-c2c(CO)[nH]c3ccc(Br)cc23)cs1. The number of benzene rings is 1. The maximum atomic E-state index is 9.46. The Bertz CT molecular complexity index is 719. The highest BCUT2D eigenvalue weighted by atomic mass is 79.9. The third kappa shape index (κ3) is 1.82. The Morgan fingerprint density at radius 3 is 2.94 bits per heavy atom. The molecule has 0 atom stereocenters. The molecule has 6 heteroatoms. The molecular weight excluding hydrogens is 314 g/mol. The number of hydrogen-bond acceptors (Lipinski definition) is 4. The average molecular weight is 324 g/mol. The van der Waals surface area contributed by atoms with E-state index in [9.17, 15) is 5.11 Å². The smallest absolute Gasteiger partial charge is 0.180 e. The lowest BCUT2D eigenvalue weighted by Gasteiger charge is -1.98. The first-order chi connectivity index (χ1) is 8.69. The largest absolute Gasteiger partial charge is 0.390 e. The summed E-state index contributed by atoms with van der Waals surface area (Å²) in [5, 5.41) is 12.9. The summed E-state index contributed by atoms with van der Waals surface area (Å²) in [4.78, 5) is 7.49. The highest BCUT2D eigenvalue weighted by molar-refractivity contribution is 9.10. The summed E-state index contributed by atoms with van der Waals surface area (Å²) < 4.78 is 0.989. The Labute approximate surface area is 116 Å². The average Bonchev–Trinajstić information content (AvgIpc) is 2.91. The third-order valence-corrected chi connectivity index (χ3v) is 3.94. The van der Waals surface area contributed by atoms with Gasteiger partial charge in [-0.1, -0.05) is 15.9 Å². The fourth-order valence-electron chi connectivity index (χ4n) is 2.03. The van der Waals surface area contributed by atoms with Crippen LogP contribution in [0.4, 0.5) is 5.13 Å². The summed E-state index contributed by atoms with van der Waals surface area (Å²) in [6, 6.07) is 5.94. The van der Waals surface area contributed by atoms with E-state index >= 15 is 0 Å². The number of hydrogen-bond donors (Lipinski definition) is 3. The minimum absolute atomic E-state index is 0.0565. The predicted octanol–water partition coefficient (Wildman–Crippen LogP) is 3.13. The van der Waals surface area contributed by atoms with E-state index in [0.29, 0.717) is 5.13 Å². The van der Waals surface area contributed by atoms with Crippen molar-refractivity contribution in [3.63, 3.8) is 0 Å². The molecule has 0 radical (unpaired) electrons. The zero-order valence-corrected chi connectivity index (χ0v) is 11.7. The number of nitrogens with two attached hydrogens (primary N) is 1. The lowest BCUT2D eigenvalue weighted by molar-refractivity contribution is 0.278. The molecule has 0 saturated carbocycles. The minimum atomic E-state index is -0.0565. The molecule has 92 valence electrons. The molecule has 4 nitrogen and oxygen atoms in total. The van der Waals surface area contributed by atoms with Crippen LogP contribution in [0.2, 0.25) is 0 Å². The van der Waals surface area contributed by atoms with E-state index < -0.39 is 0 Å². The molecule has 0 fully saturated rings. The van der Waals surface area contributed by atoms with Crippen molar-refractivity contribution in [3.8, 4) is 11.3 Å². The lowest BCUT2D eigenvalue weighted by Crippen LogP contribution is -1.88. The van der Waals surface area contributed by atoms with Crippen LogP contribution in [0.5, 0.6) is 0 Å². The van der Waals surface area contributed by atoms with Crippen molar-refractivity contribution in [2.75, 3.05) is 5.73 Å². The molecule has 0 amide bonds. The van der Waals surface area contributed by atoms with Crippen molar-refractivity contribution in [1.82, 2.24) is 9.97 Å². The number of aliphatic hydroxyl groups excluding tert-OH is 1. The van der Waals surface area contributed by atoms with Crippen LogP contribution in [0.25, 0.3) is 22.2 Å². The summed E-state index contributed by atoms with van der Waals surface area (Å²) in [5.74, 6) is 0. The van der Waals surface area contributed by atoms with Gasteiger partial charge in [-0.15, -0.1) is 11.3 Å². The first-order valence-electron chi connectivity index (χ1n) is 5.31. The highest BCUT2D eigenvalue weighted by Gasteiger charge is 2.15. The number of nitrogens with zero attached hydrogens (tertiary/aromatic N) is 1. The third-order valence-electron chi connectivity index (χ3n) is 2.77. The van der Waals surface area contributed by atoms with Crippen LogP contribution in [0.3, 0.4) is 0 Å². The van der Waals surface area contributed by atoms with Crippen molar-refractivity contribution in [2.45, 2.75) is 6.61 Å². The van der Waals surface area contributed by atoms with Gasteiger partial charge in [0.25, 0.3) is 0 Å². The number of nitrogens with one attached hydrogen (secondary N) is 1. The fourth-order valence-corrected chi connectivity index (χ4v) is 2.95. The number of thiazole rings is 1. The van der Waals surface area contributed by atoms with Crippen LogP contribution < -0.4 is 5.73 Å². The van der Waals surface area contributed by atoms with Gasteiger partial charge in [0, 0.05) is 26.3 Å². The van der Waals surface area contributed by atoms with E-state index in [1.54, 1.807) is 0 Å². The summed E-state index contributed by atoms with van der Waals surface area (Å²) in [5.41, 5.74) is 9.12. The zero-order chi connectivity index (χ0) is 12.7. The van der Waals surface area contributed by atoms with Crippen LogP contribution in [0.15, 0.2) is 28.1 Å². The van der Waals surface area contributed by atoms with E-state index in [-0.39, 0.29) is 6.61 Å². The van der Waals surface area contributed by atoms with Crippen molar-refractivity contribution >= 4 is 43.3 Å². The van der Waals surface area contributed by atoms with Gasteiger partial charge in [-0.05, 0) is 18.2 Å². The summed E-state index contributed by atoms with van der Waals surface area (Å²) in [6.07, 6.45) is 0. The van der Waals surface area contributed by atoms with Gasteiger partial charge < -0.3 is 15.8 Å². The second-order valence-electron chi connectivity index (χ2n) is 3.90. The second-order valence-corrected chi connectivity index (χ2v) is 5.70. The number of halogens is 1. The lowest BCUT2D eigenvalue weighted by atomic mass is 10.1. The number of nitrogen functional groups attached to an aromatic ring is 1. The summed E-state index contributed by atoms with van der Waals surface area (Å²) in [7, 11) is 0. The molecule has 0 aliphatic carbocycles. The summed E-state index contributed by atoms with van der Waals surface area (Å²) >= 11 is 4.85. The van der Waals surface area contributed by atoms with Gasteiger partial charge in [0.2, 0.25) is 0 Å². The maximum absolute atomic E-state index is 9.46. The molecule has 0 unspecified atom stereocenters. The van der Waals surface area contributed by atoms with Crippen LogP contribution in [0.1, 0.15) is 5.69 Å². The van der Waals surface area contributed by atoms with E-state index in [1.165, 1.54) is 11.3 Å². The van der Waals surface area contributed by atoms with E-state index in [1.807, 2.05) is 23.6 Å². The Morgan fingerprint density at radius 1 is 1.44 bits per heavy atom. The number of anilines is 1. The monoisotopic (exact) mass is 323 g/mol. The molecular formula is C12H10BrN3OS. The molecule has 0 bridgehead atoms. The van der Waals surface area contributed by atoms with E-state index in [2.05, 4.69) is 25.9 Å². The molecule has 18 heavy (non-hydrogen) atoms. The van der Waals surface area contributed by atoms with Crippen LogP contribution >= 0.6 is 27.3 Å². The summed E-state index contributed by atoms with van der Waals surface area (Å²) in [6.45, 7) is -0.0565. The number of rotatable bonds is 2. The fraction of sp³-hybridized carbons (Fsp3) is 0.0833. The van der Waals surface area contributed by atoms with Gasteiger partial charge in [-0.3, -0.25) is 0 Å². The number of H-pyrrole nitrogens is 1. The number of aromatic nitrogens is 2. The van der Waals surface area contributed by atoms with E-state index in [0.717, 1.165) is 32.3 Å². The normalized spacial score (nSPS) is 11.2. The molecule has 2 aromatic heterocycles. The van der Waals surface area contributed by atoms with Crippen molar-refractivity contribution in [1.29, 1.82) is 0 Å². The first-order valence-corrected chi connectivity index (χ1v) is 6.98.